The number of nitrogens with one attached hydrogen (secondary N) is 1. The van der Waals surface area contributed by atoms with Crippen LogP contribution in [0.1, 0.15) is 10.4 Å². The fourth-order valence-electron chi connectivity index (χ4n) is 3.49. The van der Waals surface area contributed by atoms with E-state index in [2.05, 4.69) is 21.1 Å². The van der Waals surface area contributed by atoms with Crippen molar-refractivity contribution in [3.05, 3.63) is 65.8 Å². The lowest BCUT2D eigenvalue weighted by molar-refractivity contribution is 0.0827. The minimum absolute atomic E-state index is 0.0290. The van der Waals surface area contributed by atoms with Crippen molar-refractivity contribution in [1.82, 2.24) is 29.6 Å². The molecule has 1 amide bonds. The number of nitrogens with zero attached hydrogens (tertiary/aromatic N) is 5. The Morgan fingerprint density at radius 2 is 1.84 bits per heavy atom. The number of fused-ring (bicyclic) bond motifs is 1. The van der Waals surface area contributed by atoms with E-state index in [1.54, 1.807) is 35.0 Å². The van der Waals surface area contributed by atoms with Gasteiger partial charge in [-0.1, -0.05) is 18.2 Å². The number of aryl methyl sites for hydroxylation is 1. The summed E-state index contributed by atoms with van der Waals surface area (Å²) in [5.74, 6) is 0.697. The van der Waals surface area contributed by atoms with E-state index in [0.29, 0.717) is 5.56 Å². The van der Waals surface area contributed by atoms with Gasteiger partial charge >= 0.3 is 0 Å². The van der Waals surface area contributed by atoms with Gasteiger partial charge in [-0.25, -0.2) is 9.97 Å². The Balaban J connectivity index is 1.61. The van der Waals surface area contributed by atoms with Crippen molar-refractivity contribution in [3.8, 4) is 34.0 Å². The summed E-state index contributed by atoms with van der Waals surface area (Å²) in [6.07, 6.45) is 1.90. The minimum Gasteiger partial charge on any atom is -0.345 e. The van der Waals surface area contributed by atoms with E-state index < -0.39 is 0 Å². The molecule has 0 spiro atoms. The maximum Gasteiger partial charge on any atom is 0.253 e. The van der Waals surface area contributed by atoms with Crippen LogP contribution in [-0.4, -0.2) is 49.6 Å². The average molecular weight is 429 g/mol. The third-order valence-electron chi connectivity index (χ3n) is 5.09. The number of aromatic amines is 1. The minimum atomic E-state index is -0.0290. The van der Waals surface area contributed by atoms with Gasteiger partial charge in [-0.05, 0) is 30.3 Å². The number of amides is 1. The van der Waals surface area contributed by atoms with Crippen LogP contribution in [0, 0.1) is 0 Å². The van der Waals surface area contributed by atoms with E-state index in [1.165, 1.54) is 0 Å². The zero-order chi connectivity index (χ0) is 21.5. The molecule has 0 saturated heterocycles. The summed E-state index contributed by atoms with van der Waals surface area (Å²) in [6.45, 7) is 0. The maximum atomic E-state index is 12.2. The third-order valence-corrected chi connectivity index (χ3v) is 5.88. The third kappa shape index (κ3) is 3.51. The molecule has 8 heteroatoms. The summed E-state index contributed by atoms with van der Waals surface area (Å²) >= 11 is 1.61. The lowest BCUT2D eigenvalue weighted by Crippen LogP contribution is -2.21. The fraction of sp³-hybridized carbons (Fsp3) is 0.130. The van der Waals surface area contributed by atoms with Crippen molar-refractivity contribution in [2.75, 3.05) is 14.1 Å². The Labute approximate surface area is 183 Å². The SMILES string of the molecule is CN(C)C(=O)c1ccc(-c2nc(-c3ccn(C)n3)c(-c3ccc4ncsc4c3)[nH]2)cc1. The number of hydrogen-bond donors (Lipinski definition) is 1. The number of H-pyrrole nitrogens is 1. The van der Waals surface area contributed by atoms with Gasteiger partial charge in [0.15, 0.2) is 0 Å². The lowest BCUT2D eigenvalue weighted by atomic mass is 10.1. The van der Waals surface area contributed by atoms with Gasteiger partial charge in [-0.3, -0.25) is 9.48 Å². The Bertz CT molecular complexity index is 1390. The zero-order valence-corrected chi connectivity index (χ0v) is 18.1. The highest BCUT2D eigenvalue weighted by atomic mass is 32.1. The standard InChI is InChI=1S/C23H20N6OS/c1-28(2)23(30)15-6-4-14(5-7-15)22-25-20(21(26-22)18-10-11-29(3)27-18)16-8-9-17-19(12-16)31-13-24-17/h4-13H,1-3H3,(H,25,26). The Morgan fingerprint density at radius 1 is 1.06 bits per heavy atom. The van der Waals surface area contributed by atoms with E-state index in [-0.39, 0.29) is 5.91 Å². The first kappa shape index (κ1) is 19.2. The molecule has 31 heavy (non-hydrogen) atoms. The quantitative estimate of drug-likeness (QED) is 0.458. The highest BCUT2D eigenvalue weighted by molar-refractivity contribution is 7.16. The van der Waals surface area contributed by atoms with Crippen molar-refractivity contribution in [2.24, 2.45) is 7.05 Å². The van der Waals surface area contributed by atoms with Crippen LogP contribution < -0.4 is 0 Å². The summed E-state index contributed by atoms with van der Waals surface area (Å²) < 4.78 is 2.88. The molecule has 0 atom stereocenters. The molecule has 154 valence electrons. The normalized spacial score (nSPS) is 11.2. The molecule has 0 aliphatic rings. The van der Waals surface area contributed by atoms with Crippen molar-refractivity contribution < 1.29 is 4.79 Å². The molecule has 0 bridgehead atoms. The van der Waals surface area contributed by atoms with E-state index in [4.69, 9.17) is 4.98 Å². The summed E-state index contributed by atoms with van der Waals surface area (Å²) in [4.78, 5) is 26.5. The number of aromatic nitrogens is 5. The molecular formula is C23H20N6OS. The fourth-order valence-corrected chi connectivity index (χ4v) is 4.20. The van der Waals surface area contributed by atoms with Crippen LogP contribution in [0.5, 0.6) is 0 Å². The molecule has 0 radical (unpaired) electrons. The highest BCUT2D eigenvalue weighted by Gasteiger charge is 2.18. The van der Waals surface area contributed by atoms with Crippen LogP contribution in [0.4, 0.5) is 0 Å². The molecule has 0 unspecified atom stereocenters. The second-order valence-electron chi connectivity index (χ2n) is 7.50. The van der Waals surface area contributed by atoms with Gasteiger partial charge in [0.2, 0.25) is 0 Å². The van der Waals surface area contributed by atoms with Gasteiger partial charge in [0, 0.05) is 44.0 Å². The molecule has 5 rings (SSSR count). The van der Waals surface area contributed by atoms with Crippen LogP contribution in [0.2, 0.25) is 0 Å². The number of carbonyl (C=O) groups is 1. The summed E-state index contributed by atoms with van der Waals surface area (Å²) in [5, 5.41) is 4.56. The highest BCUT2D eigenvalue weighted by Crippen LogP contribution is 2.34. The first-order chi connectivity index (χ1) is 15.0. The van der Waals surface area contributed by atoms with Gasteiger partial charge in [-0.15, -0.1) is 11.3 Å². The van der Waals surface area contributed by atoms with Gasteiger partial charge in [0.25, 0.3) is 5.91 Å². The Morgan fingerprint density at radius 3 is 2.55 bits per heavy atom. The van der Waals surface area contributed by atoms with Crippen molar-refractivity contribution >= 4 is 27.5 Å². The molecule has 5 aromatic rings. The summed E-state index contributed by atoms with van der Waals surface area (Å²) in [7, 11) is 5.38. The number of rotatable bonds is 4. The van der Waals surface area contributed by atoms with Crippen molar-refractivity contribution in [2.45, 2.75) is 0 Å². The first-order valence-electron chi connectivity index (χ1n) is 9.75. The predicted molar refractivity (Wildman–Crippen MR) is 123 cm³/mol. The van der Waals surface area contributed by atoms with Crippen LogP contribution >= 0.6 is 11.3 Å². The molecule has 0 saturated carbocycles. The van der Waals surface area contributed by atoms with E-state index in [1.807, 2.05) is 61.2 Å². The second kappa shape index (κ2) is 7.48. The molecule has 0 fully saturated rings. The maximum absolute atomic E-state index is 12.2. The number of benzene rings is 2. The molecular weight excluding hydrogens is 408 g/mol. The number of carbonyl (C=O) groups excluding carboxylic acids is 1. The number of imidazole rings is 1. The molecule has 1 N–H and O–H groups in total. The summed E-state index contributed by atoms with van der Waals surface area (Å²) in [5.41, 5.74) is 7.88. The number of thiazole rings is 1. The van der Waals surface area contributed by atoms with Gasteiger partial charge < -0.3 is 9.88 Å². The molecule has 0 aliphatic carbocycles. The largest absolute Gasteiger partial charge is 0.345 e. The summed E-state index contributed by atoms with van der Waals surface area (Å²) in [6, 6.07) is 15.6. The van der Waals surface area contributed by atoms with Gasteiger partial charge in [-0.2, -0.15) is 5.10 Å². The van der Waals surface area contributed by atoms with Crippen molar-refractivity contribution in [1.29, 1.82) is 0 Å². The lowest BCUT2D eigenvalue weighted by Gasteiger charge is -2.10. The molecule has 3 aromatic heterocycles. The Kier molecular flexibility index (Phi) is 4.63. The van der Waals surface area contributed by atoms with Crippen LogP contribution in [0.25, 0.3) is 44.2 Å². The molecule has 0 aliphatic heterocycles. The second-order valence-corrected chi connectivity index (χ2v) is 8.38. The van der Waals surface area contributed by atoms with Gasteiger partial charge in [0.1, 0.15) is 17.2 Å². The van der Waals surface area contributed by atoms with E-state index in [0.717, 1.165) is 44.2 Å². The molecule has 3 heterocycles. The number of hydrogen-bond acceptors (Lipinski definition) is 5. The zero-order valence-electron chi connectivity index (χ0n) is 17.3. The topological polar surface area (TPSA) is 79.7 Å². The molecule has 2 aromatic carbocycles. The molecule has 7 nitrogen and oxygen atoms in total. The van der Waals surface area contributed by atoms with Crippen LogP contribution in [0.15, 0.2) is 60.2 Å². The van der Waals surface area contributed by atoms with Crippen LogP contribution in [0.3, 0.4) is 0 Å². The van der Waals surface area contributed by atoms with Gasteiger partial charge in [0.05, 0.1) is 21.4 Å². The monoisotopic (exact) mass is 428 g/mol. The van der Waals surface area contributed by atoms with Crippen LogP contribution in [-0.2, 0) is 7.05 Å². The van der Waals surface area contributed by atoms with Crippen molar-refractivity contribution in [3.63, 3.8) is 0 Å². The van der Waals surface area contributed by atoms with E-state index in [9.17, 15) is 4.79 Å². The predicted octanol–water partition coefficient (Wildman–Crippen LogP) is 4.46. The Hall–Kier alpha value is -3.78. The average Bonchev–Trinajstić information content (AvgIpc) is 3.51. The first-order valence-corrected chi connectivity index (χ1v) is 10.6. The van der Waals surface area contributed by atoms with E-state index >= 15 is 0 Å². The smallest absolute Gasteiger partial charge is 0.253 e.